The molecular formula is C26H24ClN5O4. The predicted molar refractivity (Wildman–Crippen MR) is 136 cm³/mol. The van der Waals surface area contributed by atoms with E-state index in [0.29, 0.717) is 28.9 Å². The number of carbonyl (C=O) groups excluding carboxylic acids is 1. The molecule has 0 bridgehead atoms. The van der Waals surface area contributed by atoms with Crippen LogP contribution >= 0.6 is 11.6 Å². The molecule has 4 rings (SSSR count). The number of benzene rings is 2. The maximum Gasteiger partial charge on any atom is 0.306 e. The fourth-order valence-corrected chi connectivity index (χ4v) is 3.42. The van der Waals surface area contributed by atoms with Crippen LogP contribution in [0.15, 0.2) is 77.7 Å². The molecule has 0 unspecified atom stereocenters. The van der Waals surface area contributed by atoms with Gasteiger partial charge in [0.2, 0.25) is 11.8 Å². The lowest BCUT2D eigenvalue weighted by Gasteiger charge is -2.15. The van der Waals surface area contributed by atoms with Crippen molar-refractivity contribution in [3.05, 3.63) is 99.6 Å². The van der Waals surface area contributed by atoms with E-state index in [1.54, 1.807) is 60.3 Å². The first-order valence-electron chi connectivity index (χ1n) is 11.3. The van der Waals surface area contributed by atoms with E-state index >= 15 is 0 Å². The second-order valence-corrected chi connectivity index (χ2v) is 8.13. The fourth-order valence-electron chi connectivity index (χ4n) is 3.29. The zero-order valence-corrected chi connectivity index (χ0v) is 20.3. The van der Waals surface area contributed by atoms with E-state index in [2.05, 4.69) is 20.4 Å². The highest BCUT2D eigenvalue weighted by molar-refractivity contribution is 6.30. The van der Waals surface area contributed by atoms with Crippen molar-refractivity contribution in [1.82, 2.24) is 19.7 Å². The average molecular weight is 506 g/mol. The third-order valence-electron chi connectivity index (χ3n) is 5.03. The van der Waals surface area contributed by atoms with Gasteiger partial charge in [0.1, 0.15) is 11.4 Å². The molecule has 0 atom stereocenters. The molecule has 1 N–H and O–H groups in total. The lowest BCUT2D eigenvalue weighted by molar-refractivity contribution is -0.143. The van der Waals surface area contributed by atoms with E-state index in [-0.39, 0.29) is 31.1 Å². The molecule has 0 aliphatic carbocycles. The number of aromatic nitrogens is 4. The van der Waals surface area contributed by atoms with E-state index < -0.39 is 11.5 Å². The van der Waals surface area contributed by atoms with Crippen molar-refractivity contribution in [2.24, 2.45) is 0 Å². The van der Waals surface area contributed by atoms with Gasteiger partial charge in [0.05, 0.1) is 19.6 Å². The summed E-state index contributed by atoms with van der Waals surface area (Å²) in [5.41, 5.74) is 1.27. The maximum atomic E-state index is 12.7. The van der Waals surface area contributed by atoms with Crippen molar-refractivity contribution < 1.29 is 14.3 Å². The molecule has 2 heterocycles. The van der Waals surface area contributed by atoms with Crippen molar-refractivity contribution in [2.45, 2.75) is 26.3 Å². The highest BCUT2D eigenvalue weighted by atomic mass is 35.5. The van der Waals surface area contributed by atoms with Gasteiger partial charge in [0.15, 0.2) is 0 Å². The summed E-state index contributed by atoms with van der Waals surface area (Å²) < 4.78 is 12.3. The smallest absolute Gasteiger partial charge is 0.306 e. The van der Waals surface area contributed by atoms with Crippen LogP contribution in [0.3, 0.4) is 0 Å². The van der Waals surface area contributed by atoms with E-state index in [9.17, 15) is 9.59 Å². The van der Waals surface area contributed by atoms with Gasteiger partial charge in [-0.1, -0.05) is 29.8 Å². The quantitative estimate of drug-likeness (QED) is 0.307. The first kappa shape index (κ1) is 24.9. The van der Waals surface area contributed by atoms with Gasteiger partial charge in [-0.3, -0.25) is 9.59 Å². The summed E-state index contributed by atoms with van der Waals surface area (Å²) >= 11 is 6.01. The predicted octanol–water partition coefficient (Wildman–Crippen LogP) is 4.77. The van der Waals surface area contributed by atoms with Crippen molar-refractivity contribution in [3.8, 4) is 11.6 Å². The molecule has 0 radical (unpaired) electrons. The molecule has 4 aromatic rings. The number of esters is 1. The Labute approximate surface area is 212 Å². The van der Waals surface area contributed by atoms with E-state index in [1.807, 2.05) is 24.3 Å². The van der Waals surface area contributed by atoms with Gasteiger partial charge in [-0.05, 0) is 55.0 Å². The molecule has 9 nitrogen and oxygen atoms in total. The van der Waals surface area contributed by atoms with Crippen LogP contribution in [0, 0.1) is 0 Å². The van der Waals surface area contributed by atoms with Crippen molar-refractivity contribution >= 4 is 29.2 Å². The molecule has 2 aromatic carbocycles. The van der Waals surface area contributed by atoms with Crippen LogP contribution in [0.5, 0.6) is 11.6 Å². The number of pyridine rings is 1. The Morgan fingerprint density at radius 2 is 1.83 bits per heavy atom. The lowest BCUT2D eigenvalue weighted by atomic mass is 10.2. The monoisotopic (exact) mass is 505 g/mol. The number of rotatable bonds is 10. The number of nitrogens with one attached hydrogen (secondary N) is 1. The minimum absolute atomic E-state index is 0.0449. The number of hydrogen-bond acceptors (Lipinski definition) is 8. The van der Waals surface area contributed by atoms with Gasteiger partial charge < -0.3 is 14.8 Å². The van der Waals surface area contributed by atoms with E-state index in [4.69, 9.17) is 21.1 Å². The van der Waals surface area contributed by atoms with Crippen LogP contribution in [-0.4, -0.2) is 32.3 Å². The standard InChI is InChI=1S/C26H24ClN5O4/c1-2-35-24(33)15-14-22-25(34)30-26(32(31-22)17-18-6-8-19(27)9-7-18)29-20-10-12-21(13-11-20)36-23-5-3-4-16-28-23/h3-13,16H,2,14-15,17H2,1H3,(H,29,30,34). The Morgan fingerprint density at radius 3 is 2.53 bits per heavy atom. The highest BCUT2D eigenvalue weighted by Gasteiger charge is 2.14. The number of hydrogen-bond donors (Lipinski definition) is 1. The molecule has 2 aromatic heterocycles. The molecule has 0 saturated heterocycles. The number of aryl methyl sites for hydroxylation is 1. The zero-order valence-electron chi connectivity index (χ0n) is 19.6. The summed E-state index contributed by atoms with van der Waals surface area (Å²) in [4.78, 5) is 32.8. The molecular weight excluding hydrogens is 482 g/mol. The first-order valence-corrected chi connectivity index (χ1v) is 11.7. The summed E-state index contributed by atoms with van der Waals surface area (Å²) in [7, 11) is 0. The number of nitrogens with zero attached hydrogens (tertiary/aromatic N) is 4. The minimum atomic E-state index is -0.510. The molecule has 0 fully saturated rings. The number of halogens is 1. The molecule has 0 aliphatic heterocycles. The Morgan fingerprint density at radius 1 is 1.06 bits per heavy atom. The largest absolute Gasteiger partial charge is 0.466 e. The molecule has 36 heavy (non-hydrogen) atoms. The van der Waals surface area contributed by atoms with Crippen LogP contribution in [0.2, 0.25) is 5.02 Å². The highest BCUT2D eigenvalue weighted by Crippen LogP contribution is 2.23. The molecule has 10 heteroatoms. The third-order valence-corrected chi connectivity index (χ3v) is 5.28. The number of ether oxygens (including phenoxy) is 2. The van der Waals surface area contributed by atoms with Gasteiger partial charge >= 0.3 is 5.97 Å². The average Bonchev–Trinajstić information content (AvgIpc) is 2.88. The molecule has 0 amide bonds. The third kappa shape index (κ3) is 6.89. The number of anilines is 2. The van der Waals surface area contributed by atoms with Crippen LogP contribution < -0.4 is 15.6 Å². The van der Waals surface area contributed by atoms with Gasteiger partial charge in [-0.25, -0.2) is 9.67 Å². The van der Waals surface area contributed by atoms with Crippen LogP contribution in [0.25, 0.3) is 0 Å². The summed E-state index contributed by atoms with van der Waals surface area (Å²) in [6.45, 7) is 2.34. The van der Waals surface area contributed by atoms with Gasteiger partial charge in [-0.15, -0.1) is 0 Å². The number of carbonyl (C=O) groups is 1. The normalized spacial score (nSPS) is 10.6. The molecule has 0 saturated carbocycles. The Kier molecular flexibility index (Phi) is 8.25. The van der Waals surface area contributed by atoms with Gasteiger partial charge in [0.25, 0.3) is 5.56 Å². The van der Waals surface area contributed by atoms with Crippen LogP contribution in [-0.2, 0) is 22.5 Å². The van der Waals surface area contributed by atoms with Crippen LogP contribution in [0.1, 0.15) is 24.6 Å². The van der Waals surface area contributed by atoms with E-state index in [0.717, 1.165) is 5.56 Å². The minimum Gasteiger partial charge on any atom is -0.466 e. The first-order chi connectivity index (χ1) is 17.5. The maximum absolute atomic E-state index is 12.7. The topological polar surface area (TPSA) is 108 Å². The summed E-state index contributed by atoms with van der Waals surface area (Å²) in [6.07, 6.45) is 1.83. The lowest BCUT2D eigenvalue weighted by Crippen LogP contribution is -2.25. The van der Waals surface area contributed by atoms with Gasteiger partial charge in [-0.2, -0.15) is 10.1 Å². The fraction of sp³-hybridized carbons (Fsp3) is 0.192. The van der Waals surface area contributed by atoms with Crippen molar-refractivity contribution in [2.75, 3.05) is 11.9 Å². The summed E-state index contributed by atoms with van der Waals surface area (Å²) in [5.74, 6) is 0.962. The molecule has 184 valence electrons. The Balaban J connectivity index is 1.57. The summed E-state index contributed by atoms with van der Waals surface area (Å²) in [5, 5.41) is 8.26. The van der Waals surface area contributed by atoms with Crippen molar-refractivity contribution in [3.63, 3.8) is 0 Å². The second-order valence-electron chi connectivity index (χ2n) is 7.70. The molecule has 0 aliphatic rings. The van der Waals surface area contributed by atoms with E-state index in [1.165, 1.54) is 0 Å². The van der Waals surface area contributed by atoms with Gasteiger partial charge in [0, 0.05) is 29.4 Å². The Hall–Kier alpha value is -4.24. The second kappa shape index (κ2) is 11.9. The molecule has 0 spiro atoms. The van der Waals surface area contributed by atoms with Crippen LogP contribution in [0.4, 0.5) is 11.6 Å². The zero-order chi connectivity index (χ0) is 25.3. The summed E-state index contributed by atoms with van der Waals surface area (Å²) in [6, 6.07) is 19.9. The Bertz CT molecular complexity index is 1360. The van der Waals surface area contributed by atoms with Crippen molar-refractivity contribution in [1.29, 1.82) is 0 Å². The SMILES string of the molecule is CCOC(=O)CCc1nn(Cc2ccc(Cl)cc2)c(Nc2ccc(Oc3ccccn3)cc2)nc1=O.